The number of hydrogen-bond donors (Lipinski definition) is 0. The number of rotatable bonds is 6. The summed E-state index contributed by atoms with van der Waals surface area (Å²) < 4.78 is 11.6. The number of carbonyl (C=O) groups is 2. The van der Waals surface area contributed by atoms with Crippen molar-refractivity contribution in [3.05, 3.63) is 99.7 Å². The Morgan fingerprint density at radius 2 is 1.68 bits per heavy atom. The molecule has 0 spiro atoms. The maximum atomic E-state index is 14.0. The Balaban J connectivity index is 1.71. The first-order chi connectivity index (χ1) is 17.9. The molecule has 3 aromatic rings. The molecule has 2 unspecified atom stereocenters. The molecule has 2 aliphatic rings. The minimum absolute atomic E-state index is 0.0250. The highest BCUT2D eigenvalue weighted by Crippen LogP contribution is 2.50. The summed E-state index contributed by atoms with van der Waals surface area (Å²) in [6, 6.07) is 21.4. The molecule has 5 rings (SSSR count). The molecular formula is C31H30ClNO4. The Hall–Kier alpha value is -3.57. The van der Waals surface area contributed by atoms with Gasteiger partial charge in [0.25, 0.3) is 0 Å². The molecule has 0 saturated heterocycles. The van der Waals surface area contributed by atoms with Crippen LogP contribution in [0.4, 0.5) is 5.69 Å². The molecule has 1 aliphatic carbocycles. The van der Waals surface area contributed by atoms with E-state index in [2.05, 4.69) is 0 Å². The van der Waals surface area contributed by atoms with Crippen LogP contribution in [0.15, 0.2) is 78.0 Å². The third-order valence-corrected chi connectivity index (χ3v) is 7.70. The highest BCUT2D eigenvalue weighted by Gasteiger charge is 2.44. The first-order valence-electron chi connectivity index (χ1n) is 12.6. The maximum absolute atomic E-state index is 14.0. The maximum Gasteiger partial charge on any atom is 0.232 e. The van der Waals surface area contributed by atoms with E-state index < -0.39 is 0 Å². The number of allylic oxidation sites excluding steroid dienone is 2. The molecule has 190 valence electrons. The molecule has 6 heteroatoms. The lowest BCUT2D eigenvalue weighted by molar-refractivity contribution is -0.120. The van der Waals surface area contributed by atoms with Gasteiger partial charge in [0.15, 0.2) is 5.78 Å². The molecule has 37 heavy (non-hydrogen) atoms. The normalized spacial score (nSPS) is 19.6. The van der Waals surface area contributed by atoms with Crippen molar-refractivity contribution in [1.29, 1.82) is 0 Å². The van der Waals surface area contributed by atoms with Gasteiger partial charge in [-0.15, -0.1) is 0 Å². The number of amides is 1. The third-order valence-electron chi connectivity index (χ3n) is 7.30. The number of halogens is 1. The van der Waals surface area contributed by atoms with E-state index in [9.17, 15) is 9.59 Å². The van der Waals surface area contributed by atoms with E-state index in [1.165, 1.54) is 0 Å². The molecule has 3 aromatic carbocycles. The van der Waals surface area contributed by atoms with Gasteiger partial charge in [0, 0.05) is 46.7 Å². The van der Waals surface area contributed by atoms with Gasteiger partial charge in [0.05, 0.1) is 19.4 Å². The molecule has 0 N–H and O–H groups in total. The third kappa shape index (κ3) is 4.64. The number of Topliss-reactive ketones (excluding diaryl/α,β-unsaturated/α-hetero) is 1. The van der Waals surface area contributed by atoms with E-state index in [0.717, 1.165) is 22.4 Å². The van der Waals surface area contributed by atoms with Crippen LogP contribution in [0.25, 0.3) is 0 Å². The lowest BCUT2D eigenvalue weighted by atomic mass is 9.72. The van der Waals surface area contributed by atoms with E-state index >= 15 is 0 Å². The van der Waals surface area contributed by atoms with Crippen molar-refractivity contribution in [2.24, 2.45) is 0 Å². The van der Waals surface area contributed by atoms with Crippen LogP contribution < -0.4 is 14.4 Å². The van der Waals surface area contributed by atoms with Crippen LogP contribution in [0.3, 0.4) is 0 Å². The van der Waals surface area contributed by atoms with Crippen molar-refractivity contribution in [2.45, 2.75) is 44.9 Å². The molecule has 0 aromatic heterocycles. The summed E-state index contributed by atoms with van der Waals surface area (Å²) in [6.07, 6.45) is 1.12. The molecule has 0 radical (unpaired) electrons. The monoisotopic (exact) mass is 515 g/mol. The van der Waals surface area contributed by atoms with Gasteiger partial charge < -0.3 is 9.47 Å². The molecule has 1 aliphatic heterocycles. The SMILES string of the molecule is CCOc1ccccc1C1CC(=O)N(c2cc(C)c(Cl)cc2OC)C2=C1C(=O)CC(c1ccccc1)C2. The van der Waals surface area contributed by atoms with E-state index in [1.54, 1.807) is 18.1 Å². The lowest BCUT2D eigenvalue weighted by Crippen LogP contribution is -2.42. The van der Waals surface area contributed by atoms with Gasteiger partial charge in [-0.25, -0.2) is 0 Å². The number of nitrogens with zero attached hydrogens (tertiary/aromatic N) is 1. The van der Waals surface area contributed by atoms with Crippen molar-refractivity contribution in [2.75, 3.05) is 18.6 Å². The summed E-state index contributed by atoms with van der Waals surface area (Å²) in [5, 5.41) is 0.560. The van der Waals surface area contributed by atoms with Gasteiger partial charge in [-0.3, -0.25) is 14.5 Å². The van der Waals surface area contributed by atoms with Crippen molar-refractivity contribution in [3.63, 3.8) is 0 Å². The average Bonchev–Trinajstić information content (AvgIpc) is 2.90. The zero-order valence-electron chi connectivity index (χ0n) is 21.3. The number of carbonyl (C=O) groups excluding carboxylic acids is 2. The van der Waals surface area contributed by atoms with Crippen molar-refractivity contribution < 1.29 is 19.1 Å². The summed E-state index contributed by atoms with van der Waals surface area (Å²) in [6.45, 7) is 4.33. The first kappa shape index (κ1) is 25.1. The Labute approximate surface area is 222 Å². The van der Waals surface area contributed by atoms with Gasteiger partial charge in [0.1, 0.15) is 11.5 Å². The molecule has 1 heterocycles. The van der Waals surface area contributed by atoms with Gasteiger partial charge >= 0.3 is 0 Å². The predicted octanol–water partition coefficient (Wildman–Crippen LogP) is 6.98. The largest absolute Gasteiger partial charge is 0.495 e. The van der Waals surface area contributed by atoms with Crippen LogP contribution in [-0.4, -0.2) is 25.4 Å². The van der Waals surface area contributed by atoms with Crippen molar-refractivity contribution in [1.82, 2.24) is 0 Å². The summed E-state index contributed by atoms with van der Waals surface area (Å²) in [7, 11) is 1.56. The fraction of sp³-hybridized carbons (Fsp3) is 0.290. The second kappa shape index (κ2) is 10.4. The summed E-state index contributed by atoms with van der Waals surface area (Å²) in [5.41, 5.74) is 4.82. The number of benzene rings is 3. The van der Waals surface area contributed by atoms with Gasteiger partial charge in [-0.05, 0) is 49.4 Å². The predicted molar refractivity (Wildman–Crippen MR) is 146 cm³/mol. The van der Waals surface area contributed by atoms with Crippen LogP contribution in [-0.2, 0) is 9.59 Å². The molecule has 5 nitrogen and oxygen atoms in total. The molecule has 2 atom stereocenters. The number of aryl methyl sites for hydroxylation is 1. The fourth-order valence-corrected chi connectivity index (χ4v) is 5.74. The highest BCUT2D eigenvalue weighted by atomic mass is 35.5. The zero-order valence-corrected chi connectivity index (χ0v) is 22.0. The summed E-state index contributed by atoms with van der Waals surface area (Å²) >= 11 is 6.39. The van der Waals surface area contributed by atoms with E-state index in [-0.39, 0.29) is 29.9 Å². The molecule has 0 fully saturated rings. The van der Waals surface area contributed by atoms with Gasteiger partial charge in [0.2, 0.25) is 5.91 Å². The zero-order chi connectivity index (χ0) is 26.1. The van der Waals surface area contributed by atoms with E-state index in [4.69, 9.17) is 21.1 Å². The Morgan fingerprint density at radius 1 is 0.946 bits per heavy atom. The van der Waals surface area contributed by atoms with Crippen molar-refractivity contribution in [3.8, 4) is 11.5 Å². The quantitative estimate of drug-likeness (QED) is 0.355. The molecule has 1 amide bonds. The van der Waals surface area contributed by atoms with Gasteiger partial charge in [-0.2, -0.15) is 0 Å². The summed E-state index contributed by atoms with van der Waals surface area (Å²) in [5.74, 6) is 0.789. The molecular weight excluding hydrogens is 486 g/mol. The average molecular weight is 516 g/mol. The number of hydrogen-bond acceptors (Lipinski definition) is 4. The second-order valence-corrected chi connectivity index (χ2v) is 9.94. The number of ether oxygens (including phenoxy) is 2. The fourth-order valence-electron chi connectivity index (χ4n) is 5.58. The van der Waals surface area contributed by atoms with Gasteiger partial charge in [-0.1, -0.05) is 60.1 Å². The lowest BCUT2D eigenvalue weighted by Gasteiger charge is -2.41. The molecule has 0 bridgehead atoms. The van der Waals surface area contributed by atoms with Crippen LogP contribution >= 0.6 is 11.6 Å². The smallest absolute Gasteiger partial charge is 0.232 e. The number of ketones is 1. The first-order valence-corrected chi connectivity index (χ1v) is 13.0. The Kier molecular flexibility index (Phi) is 7.07. The van der Waals surface area contributed by atoms with E-state index in [0.29, 0.717) is 47.2 Å². The van der Waals surface area contributed by atoms with Crippen LogP contribution in [0.2, 0.25) is 5.02 Å². The second-order valence-electron chi connectivity index (χ2n) is 9.53. The van der Waals surface area contributed by atoms with Crippen molar-refractivity contribution >= 4 is 29.0 Å². The van der Waals surface area contributed by atoms with Crippen LogP contribution in [0.5, 0.6) is 11.5 Å². The number of methoxy groups -OCH3 is 1. The van der Waals surface area contributed by atoms with E-state index in [1.807, 2.05) is 74.5 Å². The standard InChI is InChI=1S/C31H30ClNO4/c1-4-37-28-13-9-8-12-22(28)23-17-30(35)33(25-14-19(2)24(32)18-29(25)36-3)26-15-21(16-27(34)31(23)26)20-10-6-5-7-11-20/h5-14,18,21,23H,4,15-17H2,1-3H3. The Bertz CT molecular complexity index is 1380. The highest BCUT2D eigenvalue weighted by molar-refractivity contribution is 6.31. The molecule has 0 saturated carbocycles. The minimum Gasteiger partial charge on any atom is -0.495 e. The topological polar surface area (TPSA) is 55.8 Å². The summed E-state index contributed by atoms with van der Waals surface area (Å²) in [4.78, 5) is 29.6. The number of anilines is 1. The minimum atomic E-state index is -0.370. The number of para-hydroxylation sites is 1. The van der Waals surface area contributed by atoms with Crippen LogP contribution in [0.1, 0.15) is 54.7 Å². The van der Waals surface area contributed by atoms with Crippen LogP contribution in [0, 0.1) is 6.92 Å². The Morgan fingerprint density at radius 3 is 2.41 bits per heavy atom.